The van der Waals surface area contributed by atoms with Crippen molar-refractivity contribution in [2.24, 2.45) is 0 Å². The second-order valence-electron chi connectivity index (χ2n) is 8.83. The minimum Gasteiger partial charge on any atom is -0.374 e. The van der Waals surface area contributed by atoms with Crippen molar-refractivity contribution in [3.05, 3.63) is 104 Å². The maximum atomic E-state index is 12.7. The fraction of sp³-hybridized carbons (Fsp3) is 0.385. The number of aryl methyl sites for hydroxylation is 1. The highest BCUT2D eigenvalue weighted by Gasteiger charge is 2.60. The Labute approximate surface area is 197 Å². The summed E-state index contributed by atoms with van der Waals surface area (Å²) in [7, 11) is 0. The van der Waals surface area contributed by atoms with Crippen molar-refractivity contribution in [2.45, 2.75) is 50.6 Å². The summed E-state index contributed by atoms with van der Waals surface area (Å²) in [6.07, 6.45) is 0.349. The summed E-state index contributed by atoms with van der Waals surface area (Å²) in [6.45, 7) is 3.21. The number of nitrogens with zero attached hydrogens (tertiary/aromatic N) is 1. The lowest BCUT2D eigenvalue weighted by Crippen LogP contribution is -2.53. The maximum absolute atomic E-state index is 12.7. The average Bonchev–Trinajstić information content (AvgIpc) is 3.01. The summed E-state index contributed by atoms with van der Waals surface area (Å²) in [4.78, 5) is 26.9. The van der Waals surface area contributed by atoms with Gasteiger partial charge in [0.05, 0.1) is 26.4 Å². The number of ether oxygens (including phenoxy) is 4. The van der Waals surface area contributed by atoms with Crippen LogP contribution < -0.4 is 11.2 Å². The molecule has 5 rings (SSSR count). The topological polar surface area (TPSA) is 91.8 Å². The Morgan fingerprint density at radius 2 is 1.71 bits per heavy atom. The van der Waals surface area contributed by atoms with E-state index < -0.39 is 35.3 Å². The van der Waals surface area contributed by atoms with Crippen LogP contribution in [-0.4, -0.2) is 40.6 Å². The van der Waals surface area contributed by atoms with E-state index in [0.717, 1.165) is 11.1 Å². The van der Waals surface area contributed by atoms with E-state index in [2.05, 4.69) is 4.98 Å². The Balaban J connectivity index is 1.42. The van der Waals surface area contributed by atoms with E-state index in [-0.39, 0.29) is 6.61 Å². The van der Waals surface area contributed by atoms with Crippen molar-refractivity contribution in [3.63, 3.8) is 0 Å². The first-order valence-corrected chi connectivity index (χ1v) is 11.4. The van der Waals surface area contributed by atoms with Gasteiger partial charge in [-0.15, -0.1) is 0 Å². The minimum absolute atomic E-state index is 0.287. The maximum Gasteiger partial charge on any atom is 0.330 e. The summed E-state index contributed by atoms with van der Waals surface area (Å²) >= 11 is 0. The van der Waals surface area contributed by atoms with Crippen LogP contribution in [0.2, 0.25) is 0 Å². The zero-order chi connectivity index (χ0) is 23.5. The fourth-order valence-corrected chi connectivity index (χ4v) is 4.66. The molecule has 0 saturated carbocycles. The first-order chi connectivity index (χ1) is 16.6. The highest BCUT2D eigenvalue weighted by molar-refractivity contribution is 5.15. The third-order valence-electron chi connectivity index (χ3n) is 6.44. The number of rotatable bonds is 8. The molecule has 34 heavy (non-hydrogen) atoms. The van der Waals surface area contributed by atoms with E-state index in [1.54, 1.807) is 6.92 Å². The van der Waals surface area contributed by atoms with Crippen molar-refractivity contribution in [1.29, 1.82) is 0 Å². The third-order valence-corrected chi connectivity index (χ3v) is 6.44. The van der Waals surface area contributed by atoms with Crippen LogP contribution in [-0.2, 0) is 32.2 Å². The van der Waals surface area contributed by atoms with Gasteiger partial charge in [0.15, 0.2) is 6.23 Å². The van der Waals surface area contributed by atoms with Gasteiger partial charge in [0.1, 0.15) is 17.8 Å². The Hall–Kier alpha value is -3.04. The molecule has 8 nitrogen and oxygen atoms in total. The predicted molar refractivity (Wildman–Crippen MR) is 124 cm³/mol. The zero-order valence-corrected chi connectivity index (χ0v) is 19.0. The highest BCUT2D eigenvalue weighted by Crippen LogP contribution is 2.46. The molecule has 2 bridgehead atoms. The molecule has 178 valence electrons. The molecule has 0 aliphatic carbocycles. The van der Waals surface area contributed by atoms with Crippen molar-refractivity contribution in [3.8, 4) is 0 Å². The molecule has 8 heteroatoms. The second kappa shape index (κ2) is 9.68. The molecule has 2 aliphatic rings. The molecule has 3 heterocycles. The number of fused-ring (bicyclic) bond motifs is 2. The van der Waals surface area contributed by atoms with Crippen LogP contribution in [0, 0.1) is 6.92 Å². The van der Waals surface area contributed by atoms with Gasteiger partial charge >= 0.3 is 5.69 Å². The standard InChI is InChI=1S/C26H28N2O6/c1-18-14-28(25(30)27-23(18)29)24-21-22(33-16-20-10-6-3-7-11-20)26(34-24,12-13-32-21)17-31-15-19-8-4-2-5-9-19/h2-11,14,21-22,24H,12-13,15-17H2,1H3,(H,27,29,30)/t21-,22+,24-,26+/m1/s1. The first kappa shape index (κ1) is 22.7. The van der Waals surface area contributed by atoms with Gasteiger partial charge in [0, 0.05) is 18.2 Å². The molecule has 1 aromatic heterocycles. The summed E-state index contributed by atoms with van der Waals surface area (Å²) < 4.78 is 26.5. The van der Waals surface area contributed by atoms with Gasteiger partial charge in [-0.05, 0) is 18.1 Å². The van der Waals surface area contributed by atoms with Crippen molar-refractivity contribution in [2.75, 3.05) is 13.2 Å². The second-order valence-corrected chi connectivity index (χ2v) is 8.83. The number of hydrogen-bond acceptors (Lipinski definition) is 6. The molecule has 0 amide bonds. The summed E-state index contributed by atoms with van der Waals surface area (Å²) in [6, 6.07) is 19.8. The van der Waals surface area contributed by atoms with Crippen molar-refractivity contribution < 1.29 is 18.9 Å². The van der Waals surface area contributed by atoms with Crippen LogP contribution in [0.15, 0.2) is 76.4 Å². The number of benzene rings is 2. The smallest absolute Gasteiger partial charge is 0.330 e. The van der Waals surface area contributed by atoms with E-state index in [1.165, 1.54) is 10.8 Å². The molecule has 0 unspecified atom stereocenters. The van der Waals surface area contributed by atoms with Gasteiger partial charge in [-0.1, -0.05) is 60.7 Å². The van der Waals surface area contributed by atoms with E-state index in [4.69, 9.17) is 18.9 Å². The van der Waals surface area contributed by atoms with Crippen LogP contribution in [0.4, 0.5) is 0 Å². The van der Waals surface area contributed by atoms with Gasteiger partial charge in [-0.25, -0.2) is 4.79 Å². The Kier molecular flexibility index (Phi) is 6.47. The number of aromatic nitrogens is 2. The Morgan fingerprint density at radius 3 is 2.41 bits per heavy atom. The van der Waals surface area contributed by atoms with Gasteiger partial charge < -0.3 is 18.9 Å². The van der Waals surface area contributed by atoms with Gasteiger partial charge in [0.25, 0.3) is 5.56 Å². The fourth-order valence-electron chi connectivity index (χ4n) is 4.66. The van der Waals surface area contributed by atoms with Gasteiger partial charge in [-0.3, -0.25) is 14.3 Å². The van der Waals surface area contributed by atoms with Gasteiger partial charge in [0.2, 0.25) is 0 Å². The van der Waals surface area contributed by atoms with Crippen LogP contribution in [0.1, 0.15) is 29.3 Å². The summed E-state index contributed by atoms with van der Waals surface area (Å²) in [5.74, 6) is 0. The van der Waals surface area contributed by atoms with E-state index >= 15 is 0 Å². The quantitative estimate of drug-likeness (QED) is 0.551. The lowest BCUT2D eigenvalue weighted by atomic mass is 9.90. The molecular weight excluding hydrogens is 436 g/mol. The third kappa shape index (κ3) is 4.50. The van der Waals surface area contributed by atoms with Crippen LogP contribution in [0.3, 0.4) is 0 Å². The van der Waals surface area contributed by atoms with E-state index in [1.807, 2.05) is 60.7 Å². The minimum atomic E-state index is -0.791. The van der Waals surface area contributed by atoms with Crippen LogP contribution >= 0.6 is 0 Å². The Morgan fingerprint density at radius 1 is 1.03 bits per heavy atom. The Bertz CT molecular complexity index is 1230. The average molecular weight is 465 g/mol. The lowest BCUT2D eigenvalue weighted by molar-refractivity contribution is -0.178. The van der Waals surface area contributed by atoms with E-state index in [9.17, 15) is 9.59 Å². The molecule has 0 radical (unpaired) electrons. The number of H-pyrrole nitrogens is 1. The van der Waals surface area contributed by atoms with Crippen molar-refractivity contribution in [1.82, 2.24) is 9.55 Å². The van der Waals surface area contributed by atoms with Crippen LogP contribution in [0.5, 0.6) is 0 Å². The van der Waals surface area contributed by atoms with Gasteiger partial charge in [-0.2, -0.15) is 0 Å². The highest BCUT2D eigenvalue weighted by atomic mass is 16.6. The molecule has 1 N–H and O–H groups in total. The molecule has 3 aromatic rings. The number of aromatic amines is 1. The molecule has 2 saturated heterocycles. The number of hydrogen-bond donors (Lipinski definition) is 1. The lowest BCUT2D eigenvalue weighted by Gasteiger charge is -2.38. The molecule has 2 aliphatic heterocycles. The molecule has 0 spiro atoms. The molecule has 4 atom stereocenters. The first-order valence-electron chi connectivity index (χ1n) is 11.4. The predicted octanol–water partition coefficient (Wildman–Crippen LogP) is 2.70. The van der Waals surface area contributed by atoms with Crippen molar-refractivity contribution >= 4 is 0 Å². The van der Waals surface area contributed by atoms with Crippen LogP contribution in [0.25, 0.3) is 0 Å². The summed E-state index contributed by atoms with van der Waals surface area (Å²) in [5, 5.41) is 0. The number of nitrogens with one attached hydrogen (secondary N) is 1. The molecular formula is C26H28N2O6. The largest absolute Gasteiger partial charge is 0.374 e. The normalized spacial score (nSPS) is 26.0. The zero-order valence-electron chi connectivity index (χ0n) is 19.0. The SMILES string of the molecule is Cc1cn([C@@H]2O[C@]3(COCc4ccccc4)CCO[C@@H]2[C@@H]3OCc2ccccc2)c(=O)[nH]c1=O. The molecule has 2 fully saturated rings. The summed E-state index contributed by atoms with van der Waals surface area (Å²) in [5.41, 5.74) is 0.758. The van der Waals surface area contributed by atoms with E-state index in [0.29, 0.717) is 31.8 Å². The molecule has 2 aromatic carbocycles. The monoisotopic (exact) mass is 464 g/mol.